The van der Waals surface area contributed by atoms with E-state index in [0.29, 0.717) is 24.3 Å². The van der Waals surface area contributed by atoms with Crippen LogP contribution in [-0.4, -0.2) is 30.1 Å². The number of carbonyl (C=O) groups excluding carboxylic acids is 1. The molecule has 17 heavy (non-hydrogen) atoms. The molecule has 1 aromatic carbocycles. The van der Waals surface area contributed by atoms with Gasteiger partial charge in [0.25, 0.3) is 0 Å². The number of carbonyl (C=O) groups is 2. The number of carboxylic acids is 1. The molecule has 1 aliphatic heterocycles. The van der Waals surface area contributed by atoms with Gasteiger partial charge in [-0.25, -0.2) is 4.79 Å². The summed E-state index contributed by atoms with van der Waals surface area (Å²) < 4.78 is 0. The summed E-state index contributed by atoms with van der Waals surface area (Å²) in [5.41, 5.74) is 1.54. The molecule has 1 aromatic rings. The average Bonchev–Trinajstić information content (AvgIpc) is 2.13. The van der Waals surface area contributed by atoms with Crippen LogP contribution in [0.2, 0.25) is 0 Å². The Morgan fingerprint density at radius 3 is 2.59 bits per heavy atom. The highest BCUT2D eigenvalue weighted by Gasteiger charge is 2.24. The topological polar surface area (TPSA) is 78.4 Å². The first-order valence-corrected chi connectivity index (χ1v) is 5.43. The lowest BCUT2D eigenvalue weighted by molar-refractivity contribution is -0.121. The van der Waals surface area contributed by atoms with Gasteiger partial charge in [-0.3, -0.25) is 4.79 Å². The standard InChI is InChI=1S/C12H14N2O3/c1-7-4-9(2-3-10(7)12(16)17)14-11(15)8-5-13-6-8/h2-4,8,13H,5-6H2,1H3,(H,14,15)(H,16,17). The fraction of sp³-hybridized carbons (Fsp3) is 0.333. The van der Waals surface area contributed by atoms with Gasteiger partial charge in [0.2, 0.25) is 5.91 Å². The first-order chi connectivity index (χ1) is 8.08. The van der Waals surface area contributed by atoms with E-state index in [4.69, 9.17) is 5.11 Å². The molecule has 0 spiro atoms. The van der Waals surface area contributed by atoms with Crippen molar-refractivity contribution >= 4 is 17.6 Å². The van der Waals surface area contributed by atoms with E-state index < -0.39 is 5.97 Å². The first-order valence-electron chi connectivity index (χ1n) is 5.43. The molecule has 0 atom stereocenters. The van der Waals surface area contributed by atoms with Crippen molar-refractivity contribution in [1.29, 1.82) is 0 Å². The molecule has 0 aliphatic carbocycles. The Morgan fingerprint density at radius 2 is 2.12 bits per heavy atom. The highest BCUT2D eigenvalue weighted by molar-refractivity contribution is 5.95. The Balaban J connectivity index is 2.09. The van der Waals surface area contributed by atoms with Gasteiger partial charge in [-0.05, 0) is 30.7 Å². The van der Waals surface area contributed by atoms with Gasteiger partial charge in [-0.2, -0.15) is 0 Å². The maximum absolute atomic E-state index is 11.7. The predicted molar refractivity (Wildman–Crippen MR) is 63.1 cm³/mol. The van der Waals surface area contributed by atoms with Crippen LogP contribution in [0.15, 0.2) is 18.2 Å². The summed E-state index contributed by atoms with van der Waals surface area (Å²) in [6, 6.07) is 4.79. The molecule has 2 rings (SSSR count). The van der Waals surface area contributed by atoms with Crippen molar-refractivity contribution in [2.45, 2.75) is 6.92 Å². The Hall–Kier alpha value is -1.88. The molecule has 3 N–H and O–H groups in total. The number of aryl methyl sites for hydroxylation is 1. The highest BCUT2D eigenvalue weighted by Crippen LogP contribution is 2.16. The molecule has 0 bridgehead atoms. The fourth-order valence-electron chi connectivity index (χ4n) is 1.70. The number of carboxylic acid groups (broad SMARTS) is 1. The van der Waals surface area contributed by atoms with E-state index in [9.17, 15) is 9.59 Å². The number of nitrogens with one attached hydrogen (secondary N) is 2. The molecule has 5 nitrogen and oxygen atoms in total. The first kappa shape index (κ1) is 11.6. The summed E-state index contributed by atoms with van der Waals surface area (Å²) in [7, 11) is 0. The van der Waals surface area contributed by atoms with Crippen molar-refractivity contribution in [3.8, 4) is 0 Å². The van der Waals surface area contributed by atoms with Crippen LogP contribution < -0.4 is 10.6 Å². The molecule has 0 radical (unpaired) electrons. The normalized spacial score (nSPS) is 15.1. The third-order valence-corrected chi connectivity index (χ3v) is 2.88. The minimum atomic E-state index is -0.955. The lowest BCUT2D eigenvalue weighted by Gasteiger charge is -2.25. The second-order valence-corrected chi connectivity index (χ2v) is 4.18. The summed E-state index contributed by atoms with van der Waals surface area (Å²) in [5.74, 6) is -0.954. The van der Waals surface area contributed by atoms with Gasteiger partial charge in [0.05, 0.1) is 11.5 Å². The SMILES string of the molecule is Cc1cc(NC(=O)C2CNC2)ccc1C(=O)O. The van der Waals surface area contributed by atoms with Crippen LogP contribution >= 0.6 is 0 Å². The zero-order valence-electron chi connectivity index (χ0n) is 9.49. The molecule has 1 amide bonds. The minimum Gasteiger partial charge on any atom is -0.478 e. The maximum atomic E-state index is 11.7. The van der Waals surface area contributed by atoms with E-state index in [1.165, 1.54) is 6.07 Å². The van der Waals surface area contributed by atoms with E-state index in [1.54, 1.807) is 19.1 Å². The van der Waals surface area contributed by atoms with Crippen LogP contribution in [-0.2, 0) is 4.79 Å². The number of hydrogen-bond acceptors (Lipinski definition) is 3. The van der Waals surface area contributed by atoms with Gasteiger partial charge in [0, 0.05) is 18.8 Å². The smallest absolute Gasteiger partial charge is 0.335 e. The number of anilines is 1. The summed E-state index contributed by atoms with van der Waals surface area (Å²) in [6.45, 7) is 3.13. The van der Waals surface area contributed by atoms with Gasteiger partial charge >= 0.3 is 5.97 Å². The quantitative estimate of drug-likeness (QED) is 0.724. The Morgan fingerprint density at radius 1 is 1.41 bits per heavy atom. The third-order valence-electron chi connectivity index (χ3n) is 2.88. The lowest BCUT2D eigenvalue weighted by Crippen LogP contribution is -2.48. The third kappa shape index (κ3) is 2.45. The Kier molecular flexibility index (Phi) is 3.10. The van der Waals surface area contributed by atoms with Crippen molar-refractivity contribution in [2.24, 2.45) is 5.92 Å². The molecule has 0 aromatic heterocycles. The molecule has 0 saturated carbocycles. The average molecular weight is 234 g/mol. The molecule has 90 valence electrons. The van der Waals surface area contributed by atoms with Crippen molar-refractivity contribution in [2.75, 3.05) is 18.4 Å². The van der Waals surface area contributed by atoms with E-state index in [0.717, 1.165) is 0 Å². The van der Waals surface area contributed by atoms with Gasteiger partial charge in [0.1, 0.15) is 0 Å². The van der Waals surface area contributed by atoms with Crippen LogP contribution in [0.3, 0.4) is 0 Å². The Bertz CT molecular complexity index is 467. The van der Waals surface area contributed by atoms with Gasteiger partial charge in [0.15, 0.2) is 0 Å². The molecule has 0 unspecified atom stereocenters. The number of hydrogen-bond donors (Lipinski definition) is 3. The number of rotatable bonds is 3. The van der Waals surface area contributed by atoms with E-state index in [-0.39, 0.29) is 17.4 Å². The minimum absolute atomic E-state index is 0.0220. The zero-order valence-corrected chi connectivity index (χ0v) is 9.49. The van der Waals surface area contributed by atoms with Gasteiger partial charge < -0.3 is 15.7 Å². The maximum Gasteiger partial charge on any atom is 0.335 e. The van der Waals surface area contributed by atoms with E-state index in [1.807, 2.05) is 0 Å². The summed E-state index contributed by atoms with van der Waals surface area (Å²) in [5, 5.41) is 14.7. The summed E-state index contributed by atoms with van der Waals surface area (Å²) in [4.78, 5) is 22.5. The van der Waals surface area contributed by atoms with Crippen LogP contribution in [0.25, 0.3) is 0 Å². The van der Waals surface area contributed by atoms with Crippen LogP contribution in [0, 0.1) is 12.8 Å². The summed E-state index contributed by atoms with van der Waals surface area (Å²) >= 11 is 0. The molecule has 1 fully saturated rings. The molecular weight excluding hydrogens is 220 g/mol. The van der Waals surface area contributed by atoms with Crippen LogP contribution in [0.5, 0.6) is 0 Å². The molecule has 1 aliphatic rings. The van der Waals surface area contributed by atoms with Crippen LogP contribution in [0.4, 0.5) is 5.69 Å². The zero-order chi connectivity index (χ0) is 12.4. The molecule has 5 heteroatoms. The second-order valence-electron chi connectivity index (χ2n) is 4.18. The van der Waals surface area contributed by atoms with E-state index >= 15 is 0 Å². The van der Waals surface area contributed by atoms with Crippen molar-refractivity contribution in [1.82, 2.24) is 5.32 Å². The fourth-order valence-corrected chi connectivity index (χ4v) is 1.70. The number of aromatic carboxylic acids is 1. The van der Waals surface area contributed by atoms with Gasteiger partial charge in [-0.1, -0.05) is 0 Å². The summed E-state index contributed by atoms with van der Waals surface area (Å²) in [6.07, 6.45) is 0. The van der Waals surface area contributed by atoms with Crippen molar-refractivity contribution < 1.29 is 14.7 Å². The van der Waals surface area contributed by atoms with Crippen LogP contribution in [0.1, 0.15) is 15.9 Å². The predicted octanol–water partition coefficient (Wildman–Crippen LogP) is 0.851. The monoisotopic (exact) mass is 234 g/mol. The molecular formula is C12H14N2O3. The number of amides is 1. The lowest BCUT2D eigenvalue weighted by atomic mass is 10.0. The molecule has 1 heterocycles. The van der Waals surface area contributed by atoms with E-state index in [2.05, 4.69) is 10.6 Å². The van der Waals surface area contributed by atoms with Gasteiger partial charge in [-0.15, -0.1) is 0 Å². The Labute approximate surface area is 98.8 Å². The largest absolute Gasteiger partial charge is 0.478 e. The molecule has 1 saturated heterocycles. The second kappa shape index (κ2) is 4.55. The number of benzene rings is 1. The van der Waals surface area contributed by atoms with Crippen molar-refractivity contribution in [3.05, 3.63) is 29.3 Å². The van der Waals surface area contributed by atoms with Crippen molar-refractivity contribution in [3.63, 3.8) is 0 Å². The highest BCUT2D eigenvalue weighted by atomic mass is 16.4.